The predicted molar refractivity (Wildman–Crippen MR) is 94.4 cm³/mol. The van der Waals surface area contributed by atoms with Crippen molar-refractivity contribution < 1.29 is 0 Å². The quantitative estimate of drug-likeness (QED) is 0.212. The van der Waals surface area contributed by atoms with Crippen LogP contribution in [0.15, 0.2) is 11.6 Å². The third-order valence-corrected chi connectivity index (χ3v) is 4.23. The summed E-state index contributed by atoms with van der Waals surface area (Å²) in [6, 6.07) is 0. The fourth-order valence-corrected chi connectivity index (χ4v) is 2.74. The third kappa shape index (κ3) is 15.8. The summed E-state index contributed by atoms with van der Waals surface area (Å²) >= 11 is 0. The molecule has 120 valence electrons. The highest BCUT2D eigenvalue weighted by molar-refractivity contribution is 4.97. The molecule has 0 aliphatic heterocycles. The van der Waals surface area contributed by atoms with Gasteiger partial charge in [-0.25, -0.2) is 0 Å². The average Bonchev–Trinajstić information content (AvgIpc) is 2.45. The van der Waals surface area contributed by atoms with E-state index in [2.05, 4.69) is 26.8 Å². The van der Waals surface area contributed by atoms with E-state index < -0.39 is 0 Å². The Morgan fingerprint density at radius 3 is 1.60 bits per heavy atom. The Morgan fingerprint density at radius 1 is 0.600 bits per heavy atom. The Labute approximate surface area is 129 Å². The van der Waals surface area contributed by atoms with Gasteiger partial charge in [-0.15, -0.1) is 0 Å². The molecule has 0 aromatic carbocycles. The van der Waals surface area contributed by atoms with E-state index in [-0.39, 0.29) is 0 Å². The molecular weight excluding hydrogens is 240 g/mol. The normalized spacial score (nSPS) is 12.1. The smallest absolute Gasteiger partial charge is 0.0323 e. The van der Waals surface area contributed by atoms with Crippen LogP contribution in [0.2, 0.25) is 0 Å². The van der Waals surface area contributed by atoms with Crippen molar-refractivity contribution in [3.63, 3.8) is 0 Å². The van der Waals surface area contributed by atoms with Crippen LogP contribution in [-0.2, 0) is 0 Å². The lowest BCUT2D eigenvalue weighted by Gasteiger charge is -2.03. The summed E-state index contributed by atoms with van der Waals surface area (Å²) in [6.07, 6.45) is 23.6. The van der Waals surface area contributed by atoms with Gasteiger partial charge in [-0.1, -0.05) is 96.1 Å². The molecule has 0 saturated heterocycles. The largest absolute Gasteiger partial charge is 0.0856 e. The van der Waals surface area contributed by atoms with Gasteiger partial charge in [0.2, 0.25) is 0 Å². The van der Waals surface area contributed by atoms with Gasteiger partial charge in [0.25, 0.3) is 0 Å². The summed E-state index contributed by atoms with van der Waals surface area (Å²) in [5, 5.41) is 0. The van der Waals surface area contributed by atoms with Crippen molar-refractivity contribution in [2.45, 2.75) is 117 Å². The molecular formula is C20H40. The number of unbranched alkanes of at least 4 members (excludes halogenated alkanes) is 12. The Balaban J connectivity index is 3.25. The van der Waals surface area contributed by atoms with Crippen LogP contribution >= 0.6 is 0 Å². The molecule has 0 radical (unpaired) electrons. The lowest BCUT2D eigenvalue weighted by Crippen LogP contribution is -1.83. The lowest BCUT2D eigenvalue weighted by molar-refractivity contribution is 0.590. The van der Waals surface area contributed by atoms with Crippen molar-refractivity contribution in [3.05, 3.63) is 11.6 Å². The van der Waals surface area contributed by atoms with Gasteiger partial charge in [0.1, 0.15) is 0 Å². The lowest BCUT2D eigenvalue weighted by atomic mass is 10.0. The van der Waals surface area contributed by atoms with Gasteiger partial charge in [-0.3, -0.25) is 0 Å². The van der Waals surface area contributed by atoms with Gasteiger partial charge in [0.15, 0.2) is 0 Å². The second-order valence-electron chi connectivity index (χ2n) is 6.48. The van der Waals surface area contributed by atoms with Crippen LogP contribution in [0.3, 0.4) is 0 Å². The molecule has 0 saturated carbocycles. The molecule has 0 nitrogen and oxygen atoms in total. The van der Waals surface area contributed by atoms with Crippen LogP contribution in [0.1, 0.15) is 117 Å². The molecule has 20 heavy (non-hydrogen) atoms. The summed E-state index contributed by atoms with van der Waals surface area (Å²) in [4.78, 5) is 0. The van der Waals surface area contributed by atoms with E-state index in [0.29, 0.717) is 0 Å². The van der Waals surface area contributed by atoms with Crippen LogP contribution in [0.25, 0.3) is 0 Å². The Bertz CT molecular complexity index is 202. The Kier molecular flexibility index (Phi) is 16.6. The van der Waals surface area contributed by atoms with E-state index in [9.17, 15) is 0 Å². The van der Waals surface area contributed by atoms with E-state index in [0.717, 1.165) is 0 Å². The summed E-state index contributed by atoms with van der Waals surface area (Å²) in [5.41, 5.74) is 1.63. The molecule has 0 aliphatic rings. The maximum atomic E-state index is 2.50. The predicted octanol–water partition coefficient (Wildman–Crippen LogP) is 7.82. The molecule has 0 fully saturated rings. The van der Waals surface area contributed by atoms with E-state index in [1.165, 1.54) is 96.3 Å². The number of hydrogen-bond acceptors (Lipinski definition) is 0. The van der Waals surface area contributed by atoms with Crippen molar-refractivity contribution in [1.82, 2.24) is 0 Å². The molecule has 0 unspecified atom stereocenters. The second-order valence-corrected chi connectivity index (χ2v) is 6.48. The number of hydrogen-bond donors (Lipinski definition) is 0. The highest BCUT2D eigenvalue weighted by Crippen LogP contribution is 2.14. The topological polar surface area (TPSA) is 0 Å². The molecule has 0 aliphatic carbocycles. The summed E-state index contributed by atoms with van der Waals surface area (Å²) in [6.45, 7) is 6.90. The summed E-state index contributed by atoms with van der Waals surface area (Å²) in [7, 11) is 0. The first-order chi connectivity index (χ1) is 9.81. The highest BCUT2D eigenvalue weighted by atomic mass is 14.0. The first-order valence-corrected chi connectivity index (χ1v) is 9.46. The molecule has 0 N–H and O–H groups in total. The maximum absolute atomic E-state index is 2.50. The molecule has 0 bridgehead atoms. The van der Waals surface area contributed by atoms with Crippen LogP contribution in [0.5, 0.6) is 0 Å². The van der Waals surface area contributed by atoms with Crippen molar-refractivity contribution in [3.8, 4) is 0 Å². The van der Waals surface area contributed by atoms with Crippen molar-refractivity contribution in [2.24, 2.45) is 0 Å². The third-order valence-electron chi connectivity index (χ3n) is 4.23. The van der Waals surface area contributed by atoms with Gasteiger partial charge in [0, 0.05) is 0 Å². The van der Waals surface area contributed by atoms with Gasteiger partial charge < -0.3 is 0 Å². The number of allylic oxidation sites excluding steroid dienone is 2. The minimum absolute atomic E-state index is 1.31. The van der Waals surface area contributed by atoms with Crippen LogP contribution in [0, 0.1) is 0 Å². The molecule has 0 rings (SSSR count). The first kappa shape index (κ1) is 19.7. The van der Waals surface area contributed by atoms with Gasteiger partial charge in [-0.05, 0) is 32.6 Å². The Morgan fingerprint density at radius 2 is 1.05 bits per heavy atom. The van der Waals surface area contributed by atoms with Gasteiger partial charge >= 0.3 is 0 Å². The van der Waals surface area contributed by atoms with Crippen LogP contribution in [-0.4, -0.2) is 0 Å². The molecule has 0 heterocycles. The van der Waals surface area contributed by atoms with Crippen molar-refractivity contribution in [1.29, 1.82) is 0 Å². The molecule has 0 aromatic rings. The molecule has 0 aromatic heterocycles. The maximum Gasteiger partial charge on any atom is -0.0323 e. The van der Waals surface area contributed by atoms with Crippen LogP contribution < -0.4 is 0 Å². The minimum atomic E-state index is 1.31. The zero-order valence-corrected chi connectivity index (χ0v) is 14.7. The molecule has 0 amide bonds. The second kappa shape index (κ2) is 16.8. The molecule has 0 atom stereocenters. The van der Waals surface area contributed by atoms with E-state index in [1.807, 2.05) is 0 Å². The monoisotopic (exact) mass is 280 g/mol. The summed E-state index contributed by atoms with van der Waals surface area (Å²) in [5.74, 6) is 0. The minimum Gasteiger partial charge on any atom is -0.0856 e. The summed E-state index contributed by atoms with van der Waals surface area (Å²) < 4.78 is 0. The van der Waals surface area contributed by atoms with E-state index >= 15 is 0 Å². The van der Waals surface area contributed by atoms with E-state index in [1.54, 1.807) is 5.57 Å². The zero-order chi connectivity index (χ0) is 14.9. The zero-order valence-electron chi connectivity index (χ0n) is 14.7. The molecule has 0 heteroatoms. The standard InChI is InChI=1S/C20H40/c1-4-6-8-10-12-13-15-17-19-20(3)18-16-14-11-9-7-5-2/h19H,4-18H2,1-3H3. The average molecular weight is 281 g/mol. The van der Waals surface area contributed by atoms with Crippen molar-refractivity contribution in [2.75, 3.05) is 0 Å². The van der Waals surface area contributed by atoms with Gasteiger partial charge in [0.05, 0.1) is 0 Å². The van der Waals surface area contributed by atoms with E-state index in [4.69, 9.17) is 0 Å². The van der Waals surface area contributed by atoms with Crippen molar-refractivity contribution >= 4 is 0 Å². The SMILES string of the molecule is CCCCCCCCCC=C(C)CCCCCCCC. The fraction of sp³-hybridized carbons (Fsp3) is 0.900. The van der Waals surface area contributed by atoms with Gasteiger partial charge in [-0.2, -0.15) is 0 Å². The Hall–Kier alpha value is -0.260. The fourth-order valence-electron chi connectivity index (χ4n) is 2.74. The number of rotatable bonds is 15. The highest BCUT2D eigenvalue weighted by Gasteiger charge is 1.94. The van der Waals surface area contributed by atoms with Crippen LogP contribution in [0.4, 0.5) is 0 Å². The molecule has 0 spiro atoms. The first-order valence-electron chi connectivity index (χ1n) is 9.46.